The van der Waals surface area contributed by atoms with Gasteiger partial charge in [0.15, 0.2) is 0 Å². The normalized spacial score (nSPS) is 22.0. The van der Waals surface area contributed by atoms with Crippen LogP contribution in [0.25, 0.3) is 0 Å². The van der Waals surface area contributed by atoms with Crippen molar-refractivity contribution in [1.29, 1.82) is 0 Å². The highest BCUT2D eigenvalue weighted by Crippen LogP contribution is 2.28. The first kappa shape index (κ1) is 26.1. The largest absolute Gasteiger partial charge is 0.356 e. The van der Waals surface area contributed by atoms with Gasteiger partial charge in [0.25, 0.3) is 0 Å². The van der Waals surface area contributed by atoms with Gasteiger partial charge in [-0.15, -0.1) is 12.6 Å². The van der Waals surface area contributed by atoms with Gasteiger partial charge in [0.1, 0.15) is 6.04 Å². The van der Waals surface area contributed by atoms with Crippen molar-refractivity contribution in [2.45, 2.75) is 89.6 Å². The third-order valence-electron chi connectivity index (χ3n) is 6.25. The van der Waals surface area contributed by atoms with E-state index in [1.807, 2.05) is 6.92 Å². The minimum absolute atomic E-state index is 0.0214. The molecule has 1 aliphatic heterocycles. The van der Waals surface area contributed by atoms with Crippen LogP contribution in [0.4, 0.5) is 0 Å². The standard InChI is InChI=1S/C21H37N3O5S2/c1-2-3-7-12-31(28,29)24-17(13-15-8-5-4-6-9-15)20(26)23-18(21(27)30)14-16-10-11-22-19(16)25/h15-18,24H,2-14H2,1H3,(H,22,25)(H,23,26)(H,27,30)/t16-,17-,18-/m0/s1. The summed E-state index contributed by atoms with van der Waals surface area (Å²) in [5.74, 6) is -0.760. The van der Waals surface area contributed by atoms with Crippen LogP contribution in [0.5, 0.6) is 0 Å². The number of thiol groups is 1. The minimum atomic E-state index is -3.61. The molecular formula is C21H37N3O5S2. The molecule has 0 aromatic carbocycles. The van der Waals surface area contributed by atoms with Gasteiger partial charge >= 0.3 is 0 Å². The second-order valence-electron chi connectivity index (χ2n) is 8.85. The van der Waals surface area contributed by atoms with Crippen LogP contribution in [0.1, 0.15) is 77.6 Å². The average molecular weight is 476 g/mol. The molecule has 31 heavy (non-hydrogen) atoms. The Kier molecular flexibility index (Phi) is 10.8. The number of carbonyl (C=O) groups excluding carboxylic acids is 3. The smallest absolute Gasteiger partial charge is 0.238 e. The number of rotatable bonds is 13. The van der Waals surface area contributed by atoms with Gasteiger partial charge in [-0.25, -0.2) is 13.1 Å². The molecule has 2 aliphatic rings. The van der Waals surface area contributed by atoms with Crippen LogP contribution in [-0.4, -0.2) is 49.7 Å². The molecule has 0 bridgehead atoms. The number of carbonyl (C=O) groups is 3. The second-order valence-corrected chi connectivity index (χ2v) is 11.2. The fourth-order valence-electron chi connectivity index (χ4n) is 4.43. The molecule has 0 spiro atoms. The molecule has 3 N–H and O–H groups in total. The summed E-state index contributed by atoms with van der Waals surface area (Å²) in [6.07, 6.45) is 8.69. The maximum atomic E-state index is 13.1. The van der Waals surface area contributed by atoms with Gasteiger partial charge in [-0.2, -0.15) is 0 Å². The lowest BCUT2D eigenvalue weighted by molar-refractivity contribution is -0.128. The van der Waals surface area contributed by atoms with E-state index in [0.29, 0.717) is 25.8 Å². The van der Waals surface area contributed by atoms with Gasteiger partial charge in [0, 0.05) is 12.5 Å². The molecule has 10 heteroatoms. The van der Waals surface area contributed by atoms with Gasteiger partial charge in [0.2, 0.25) is 27.0 Å². The van der Waals surface area contributed by atoms with Crippen molar-refractivity contribution >= 4 is 39.6 Å². The van der Waals surface area contributed by atoms with E-state index in [1.165, 1.54) is 0 Å². The summed E-state index contributed by atoms with van der Waals surface area (Å²) in [4.78, 5) is 37.0. The number of hydrogen-bond donors (Lipinski definition) is 4. The molecule has 2 amide bonds. The predicted octanol–water partition coefficient (Wildman–Crippen LogP) is 1.90. The lowest BCUT2D eigenvalue weighted by Gasteiger charge is -2.28. The SMILES string of the molecule is CCCCCS(=O)(=O)N[C@@H](CC1CCCCC1)C(=O)N[C@@H](C[C@@H]1CCNC1=O)C(=O)S. The van der Waals surface area contributed by atoms with Crippen molar-refractivity contribution < 1.29 is 22.8 Å². The fraction of sp³-hybridized carbons (Fsp3) is 0.857. The zero-order chi connectivity index (χ0) is 22.9. The fourth-order valence-corrected chi connectivity index (χ4v) is 5.94. The zero-order valence-electron chi connectivity index (χ0n) is 18.4. The lowest BCUT2D eigenvalue weighted by atomic mass is 9.85. The van der Waals surface area contributed by atoms with Crippen molar-refractivity contribution in [2.75, 3.05) is 12.3 Å². The molecule has 1 saturated heterocycles. The summed E-state index contributed by atoms with van der Waals surface area (Å²) in [6, 6.07) is -1.86. The molecule has 2 rings (SSSR count). The molecule has 3 atom stereocenters. The Morgan fingerprint density at radius 1 is 1.10 bits per heavy atom. The Morgan fingerprint density at radius 3 is 2.39 bits per heavy atom. The van der Waals surface area contributed by atoms with E-state index in [-0.39, 0.29) is 29.9 Å². The summed E-state index contributed by atoms with van der Waals surface area (Å²) < 4.78 is 27.7. The van der Waals surface area contributed by atoms with Crippen LogP contribution in [0.2, 0.25) is 0 Å². The minimum Gasteiger partial charge on any atom is -0.356 e. The summed E-state index contributed by atoms with van der Waals surface area (Å²) in [6.45, 7) is 2.55. The number of unbranched alkanes of at least 4 members (excludes halogenated alkanes) is 2. The van der Waals surface area contributed by atoms with Crippen LogP contribution in [0.15, 0.2) is 0 Å². The Labute approximate surface area is 191 Å². The Morgan fingerprint density at radius 2 is 1.81 bits per heavy atom. The van der Waals surface area contributed by atoms with E-state index in [1.54, 1.807) is 0 Å². The third kappa shape index (κ3) is 9.10. The van der Waals surface area contributed by atoms with Crippen LogP contribution < -0.4 is 15.4 Å². The lowest BCUT2D eigenvalue weighted by Crippen LogP contribution is -2.52. The molecule has 0 unspecified atom stereocenters. The monoisotopic (exact) mass is 475 g/mol. The molecule has 8 nitrogen and oxygen atoms in total. The molecule has 0 radical (unpaired) electrons. The molecular weight excluding hydrogens is 438 g/mol. The van der Waals surface area contributed by atoms with Gasteiger partial charge in [-0.1, -0.05) is 51.9 Å². The van der Waals surface area contributed by atoms with E-state index < -0.39 is 33.1 Å². The first-order valence-corrected chi connectivity index (χ1v) is 13.6. The number of hydrogen-bond acceptors (Lipinski definition) is 5. The van der Waals surface area contributed by atoms with Crippen LogP contribution >= 0.6 is 12.6 Å². The van der Waals surface area contributed by atoms with Crippen LogP contribution in [0, 0.1) is 11.8 Å². The Bertz CT molecular complexity index is 723. The van der Waals surface area contributed by atoms with Crippen LogP contribution in [0.3, 0.4) is 0 Å². The summed E-state index contributed by atoms with van der Waals surface area (Å²) in [5, 5.41) is 4.86. The second kappa shape index (κ2) is 12.8. The molecule has 2 fully saturated rings. The van der Waals surface area contributed by atoms with Crippen molar-refractivity contribution in [2.24, 2.45) is 11.8 Å². The highest BCUT2D eigenvalue weighted by atomic mass is 32.2. The van der Waals surface area contributed by atoms with Gasteiger partial charge in [-0.3, -0.25) is 14.4 Å². The van der Waals surface area contributed by atoms with E-state index in [4.69, 9.17) is 0 Å². The maximum Gasteiger partial charge on any atom is 0.238 e. The summed E-state index contributed by atoms with van der Waals surface area (Å²) in [5.41, 5.74) is 0. The molecule has 0 aromatic heterocycles. The number of nitrogens with one attached hydrogen (secondary N) is 3. The van der Waals surface area contributed by atoms with E-state index >= 15 is 0 Å². The van der Waals surface area contributed by atoms with Crippen molar-refractivity contribution in [3.05, 3.63) is 0 Å². The van der Waals surface area contributed by atoms with Crippen LogP contribution in [-0.2, 0) is 24.4 Å². The zero-order valence-corrected chi connectivity index (χ0v) is 20.1. The molecule has 1 aliphatic carbocycles. The van der Waals surface area contributed by atoms with E-state index in [9.17, 15) is 22.8 Å². The van der Waals surface area contributed by atoms with Gasteiger partial charge in [0.05, 0.1) is 11.8 Å². The molecule has 178 valence electrons. The molecule has 1 saturated carbocycles. The first-order chi connectivity index (χ1) is 14.7. The Hall–Kier alpha value is -1.13. The van der Waals surface area contributed by atoms with Gasteiger partial charge < -0.3 is 10.6 Å². The number of sulfonamides is 1. The molecule has 1 heterocycles. The predicted molar refractivity (Wildman–Crippen MR) is 123 cm³/mol. The number of amides is 2. The third-order valence-corrected chi connectivity index (χ3v) is 8.03. The summed E-state index contributed by atoms with van der Waals surface area (Å²) >= 11 is 3.89. The highest BCUT2D eigenvalue weighted by Gasteiger charge is 2.33. The first-order valence-electron chi connectivity index (χ1n) is 11.5. The molecule has 0 aromatic rings. The topological polar surface area (TPSA) is 121 Å². The maximum absolute atomic E-state index is 13.1. The quantitative estimate of drug-likeness (QED) is 0.239. The van der Waals surface area contributed by atoms with E-state index in [0.717, 1.165) is 44.9 Å². The highest BCUT2D eigenvalue weighted by molar-refractivity contribution is 7.96. The van der Waals surface area contributed by atoms with Crippen molar-refractivity contribution in [3.8, 4) is 0 Å². The summed E-state index contributed by atoms with van der Waals surface area (Å²) in [7, 11) is -3.61. The average Bonchev–Trinajstić information content (AvgIpc) is 3.12. The van der Waals surface area contributed by atoms with E-state index in [2.05, 4.69) is 28.0 Å². The van der Waals surface area contributed by atoms with Crippen molar-refractivity contribution in [1.82, 2.24) is 15.4 Å². The van der Waals surface area contributed by atoms with Gasteiger partial charge in [-0.05, 0) is 31.6 Å². The Balaban J connectivity index is 2.07. The van der Waals surface area contributed by atoms with Crippen molar-refractivity contribution in [3.63, 3.8) is 0 Å².